The Labute approximate surface area is 71.8 Å². The zero-order valence-corrected chi connectivity index (χ0v) is 7.24. The Morgan fingerprint density at radius 1 is 1.33 bits per heavy atom. The third-order valence-electron chi connectivity index (χ3n) is 2.47. The highest BCUT2D eigenvalue weighted by Crippen LogP contribution is 2.35. The average molecular weight is 161 g/mol. The van der Waals surface area contributed by atoms with Crippen LogP contribution < -0.4 is 4.90 Å². The number of rotatable bonds is 0. The van der Waals surface area contributed by atoms with Gasteiger partial charge < -0.3 is 4.90 Å². The van der Waals surface area contributed by atoms with Gasteiger partial charge in [-0.05, 0) is 18.6 Å². The number of nitrogens with zero attached hydrogens (tertiary/aromatic N) is 1. The first-order chi connectivity index (χ1) is 5.72. The van der Waals surface area contributed by atoms with Crippen LogP contribution in [0, 0.1) is 0 Å². The summed E-state index contributed by atoms with van der Waals surface area (Å²) in [7, 11) is 1.82. The Bertz CT molecular complexity index is 301. The molecule has 1 heterocycles. The Kier molecular flexibility index (Phi) is 1.43. The molecule has 0 spiro atoms. The molecule has 0 aliphatic carbocycles. The van der Waals surface area contributed by atoms with Crippen LogP contribution in [0.5, 0.6) is 0 Å². The standard InChI is InChI=1S/C10H11NO/c1-7-8-5-3-4-6-9(8)11(2)10(7)12/h3-7H,1-2H3/t7-/m1/s1. The molecule has 1 aromatic carbocycles. The predicted octanol–water partition coefficient (Wildman–Crippen LogP) is 1.77. The van der Waals surface area contributed by atoms with E-state index < -0.39 is 0 Å². The van der Waals surface area contributed by atoms with Crippen LogP contribution in [0.4, 0.5) is 5.69 Å². The number of fused-ring (bicyclic) bond motifs is 1. The molecule has 2 heteroatoms. The SMILES string of the molecule is C[C@H]1C(=O)N(C)c2ccccc21. The summed E-state index contributed by atoms with van der Waals surface area (Å²) in [6.07, 6.45) is 0. The van der Waals surface area contributed by atoms with E-state index in [1.165, 1.54) is 0 Å². The average Bonchev–Trinajstić information content (AvgIpc) is 2.33. The number of hydrogen-bond acceptors (Lipinski definition) is 1. The van der Waals surface area contributed by atoms with E-state index in [1.807, 2.05) is 38.2 Å². The second-order valence-corrected chi connectivity index (χ2v) is 3.18. The molecule has 0 radical (unpaired) electrons. The van der Waals surface area contributed by atoms with Gasteiger partial charge in [-0.3, -0.25) is 4.79 Å². The second kappa shape index (κ2) is 2.34. The summed E-state index contributed by atoms with van der Waals surface area (Å²) >= 11 is 0. The monoisotopic (exact) mass is 161 g/mol. The number of likely N-dealkylation sites (N-methyl/N-ethyl adjacent to an activating group) is 1. The Balaban J connectivity index is 2.59. The van der Waals surface area contributed by atoms with Crippen LogP contribution in [0.3, 0.4) is 0 Å². The lowest BCUT2D eigenvalue weighted by molar-refractivity contribution is -0.118. The van der Waals surface area contributed by atoms with Gasteiger partial charge >= 0.3 is 0 Å². The molecule has 0 saturated carbocycles. The molecule has 0 saturated heterocycles. The fraction of sp³-hybridized carbons (Fsp3) is 0.300. The summed E-state index contributed by atoms with van der Waals surface area (Å²) in [6, 6.07) is 7.93. The van der Waals surface area contributed by atoms with E-state index in [0.717, 1.165) is 11.3 Å². The minimum Gasteiger partial charge on any atom is -0.315 e. The molecule has 0 bridgehead atoms. The van der Waals surface area contributed by atoms with Crippen LogP contribution in [0.2, 0.25) is 0 Å². The molecular formula is C10H11NO. The van der Waals surface area contributed by atoms with Crippen molar-refractivity contribution in [1.82, 2.24) is 0 Å². The molecule has 1 amide bonds. The van der Waals surface area contributed by atoms with Crippen LogP contribution in [0.15, 0.2) is 24.3 Å². The number of hydrogen-bond donors (Lipinski definition) is 0. The molecule has 1 aromatic rings. The molecular weight excluding hydrogens is 150 g/mol. The minimum absolute atomic E-state index is 0.0335. The molecule has 2 nitrogen and oxygen atoms in total. The van der Waals surface area contributed by atoms with Crippen molar-refractivity contribution < 1.29 is 4.79 Å². The van der Waals surface area contributed by atoms with Crippen LogP contribution in [-0.4, -0.2) is 13.0 Å². The van der Waals surface area contributed by atoms with Crippen molar-refractivity contribution in [3.8, 4) is 0 Å². The van der Waals surface area contributed by atoms with E-state index in [-0.39, 0.29) is 11.8 Å². The van der Waals surface area contributed by atoms with Gasteiger partial charge in [0.05, 0.1) is 5.92 Å². The molecule has 1 atom stereocenters. The lowest BCUT2D eigenvalue weighted by Crippen LogP contribution is -2.22. The highest BCUT2D eigenvalue weighted by atomic mass is 16.2. The topological polar surface area (TPSA) is 20.3 Å². The zero-order chi connectivity index (χ0) is 8.72. The molecule has 0 unspecified atom stereocenters. The van der Waals surface area contributed by atoms with Gasteiger partial charge in [0, 0.05) is 12.7 Å². The fourth-order valence-electron chi connectivity index (χ4n) is 1.70. The van der Waals surface area contributed by atoms with Gasteiger partial charge in [-0.1, -0.05) is 18.2 Å². The fourth-order valence-corrected chi connectivity index (χ4v) is 1.70. The van der Waals surface area contributed by atoms with Crippen LogP contribution in [-0.2, 0) is 4.79 Å². The van der Waals surface area contributed by atoms with Crippen LogP contribution in [0.1, 0.15) is 18.4 Å². The zero-order valence-electron chi connectivity index (χ0n) is 7.24. The van der Waals surface area contributed by atoms with Crippen molar-refractivity contribution in [3.63, 3.8) is 0 Å². The summed E-state index contributed by atoms with van der Waals surface area (Å²) in [5.41, 5.74) is 2.19. The number of amides is 1. The van der Waals surface area contributed by atoms with Crippen molar-refractivity contribution in [2.24, 2.45) is 0 Å². The highest BCUT2D eigenvalue weighted by Gasteiger charge is 2.30. The van der Waals surface area contributed by atoms with E-state index in [4.69, 9.17) is 0 Å². The molecule has 1 aliphatic rings. The molecule has 62 valence electrons. The van der Waals surface area contributed by atoms with E-state index in [2.05, 4.69) is 0 Å². The van der Waals surface area contributed by atoms with E-state index in [1.54, 1.807) is 4.90 Å². The third kappa shape index (κ3) is 0.779. The third-order valence-corrected chi connectivity index (χ3v) is 2.47. The Morgan fingerprint density at radius 3 is 2.67 bits per heavy atom. The smallest absolute Gasteiger partial charge is 0.234 e. The van der Waals surface area contributed by atoms with Crippen molar-refractivity contribution in [2.45, 2.75) is 12.8 Å². The van der Waals surface area contributed by atoms with Crippen molar-refractivity contribution in [1.29, 1.82) is 0 Å². The molecule has 0 aromatic heterocycles. The summed E-state index contributed by atoms with van der Waals surface area (Å²) in [6.45, 7) is 1.95. The van der Waals surface area contributed by atoms with Crippen molar-refractivity contribution in [3.05, 3.63) is 29.8 Å². The summed E-state index contributed by atoms with van der Waals surface area (Å²) in [5, 5.41) is 0. The Morgan fingerprint density at radius 2 is 2.00 bits per heavy atom. The van der Waals surface area contributed by atoms with Crippen molar-refractivity contribution >= 4 is 11.6 Å². The number of para-hydroxylation sites is 1. The number of carbonyl (C=O) groups excluding carboxylic acids is 1. The van der Waals surface area contributed by atoms with Crippen LogP contribution >= 0.6 is 0 Å². The first-order valence-electron chi connectivity index (χ1n) is 4.08. The maximum absolute atomic E-state index is 11.5. The lowest BCUT2D eigenvalue weighted by atomic mass is 10.0. The molecule has 2 rings (SSSR count). The predicted molar refractivity (Wildman–Crippen MR) is 48.3 cm³/mol. The molecule has 0 N–H and O–H groups in total. The first-order valence-corrected chi connectivity index (χ1v) is 4.08. The van der Waals surface area contributed by atoms with E-state index in [0.29, 0.717) is 0 Å². The summed E-state index contributed by atoms with van der Waals surface area (Å²) in [4.78, 5) is 13.2. The molecule has 0 fully saturated rings. The number of anilines is 1. The quantitative estimate of drug-likeness (QED) is 0.567. The normalized spacial score (nSPS) is 21.3. The lowest BCUT2D eigenvalue weighted by Gasteiger charge is -2.08. The molecule has 1 aliphatic heterocycles. The largest absolute Gasteiger partial charge is 0.315 e. The van der Waals surface area contributed by atoms with Gasteiger partial charge in [0.1, 0.15) is 0 Å². The van der Waals surface area contributed by atoms with Crippen LogP contribution in [0.25, 0.3) is 0 Å². The summed E-state index contributed by atoms with van der Waals surface area (Å²) < 4.78 is 0. The number of benzene rings is 1. The van der Waals surface area contributed by atoms with Gasteiger partial charge in [0.15, 0.2) is 0 Å². The minimum atomic E-state index is 0.0335. The highest BCUT2D eigenvalue weighted by molar-refractivity contribution is 6.04. The van der Waals surface area contributed by atoms with Gasteiger partial charge in [0.25, 0.3) is 0 Å². The summed E-state index contributed by atoms with van der Waals surface area (Å²) in [5.74, 6) is 0.224. The van der Waals surface area contributed by atoms with E-state index >= 15 is 0 Å². The van der Waals surface area contributed by atoms with E-state index in [9.17, 15) is 4.79 Å². The van der Waals surface area contributed by atoms with Gasteiger partial charge in [-0.2, -0.15) is 0 Å². The van der Waals surface area contributed by atoms with Crippen molar-refractivity contribution in [2.75, 3.05) is 11.9 Å². The van der Waals surface area contributed by atoms with Gasteiger partial charge in [-0.25, -0.2) is 0 Å². The van der Waals surface area contributed by atoms with Gasteiger partial charge in [0.2, 0.25) is 5.91 Å². The second-order valence-electron chi connectivity index (χ2n) is 3.18. The first kappa shape index (κ1) is 7.35. The maximum Gasteiger partial charge on any atom is 0.234 e. The Hall–Kier alpha value is -1.31. The van der Waals surface area contributed by atoms with Gasteiger partial charge in [-0.15, -0.1) is 0 Å². The maximum atomic E-state index is 11.5. The number of carbonyl (C=O) groups is 1. The molecule has 12 heavy (non-hydrogen) atoms.